The van der Waals surface area contributed by atoms with Crippen LogP contribution in [0.1, 0.15) is 35.4 Å². The lowest BCUT2D eigenvalue weighted by Crippen LogP contribution is -2.31. The number of methoxy groups -OCH3 is 1. The van der Waals surface area contributed by atoms with Gasteiger partial charge in [0.2, 0.25) is 5.91 Å². The second kappa shape index (κ2) is 6.65. The number of aryl methyl sites for hydroxylation is 1. The molecule has 3 rings (SSSR count). The molecule has 1 unspecified atom stereocenters. The number of fused-ring (bicyclic) bond motifs is 1. The first-order chi connectivity index (χ1) is 10.8. The number of hydrogen-bond acceptors (Lipinski definition) is 2. The summed E-state index contributed by atoms with van der Waals surface area (Å²) in [6.45, 7) is 0.557. The van der Waals surface area contributed by atoms with Gasteiger partial charge in [-0.2, -0.15) is 0 Å². The van der Waals surface area contributed by atoms with E-state index in [0.29, 0.717) is 6.54 Å². The van der Waals surface area contributed by atoms with Crippen LogP contribution in [0.25, 0.3) is 0 Å². The van der Waals surface area contributed by atoms with E-state index in [4.69, 9.17) is 4.74 Å². The van der Waals surface area contributed by atoms with Crippen molar-refractivity contribution in [2.45, 2.75) is 31.7 Å². The van der Waals surface area contributed by atoms with E-state index in [1.165, 1.54) is 11.1 Å². The van der Waals surface area contributed by atoms with Crippen LogP contribution in [0.15, 0.2) is 48.5 Å². The van der Waals surface area contributed by atoms with Crippen LogP contribution < -0.4 is 10.1 Å². The topological polar surface area (TPSA) is 38.3 Å². The predicted octanol–water partition coefficient (Wildman–Crippen LogP) is 3.43. The minimum atomic E-state index is -0.0109. The van der Waals surface area contributed by atoms with E-state index >= 15 is 0 Å². The molecule has 2 aromatic carbocycles. The van der Waals surface area contributed by atoms with Crippen molar-refractivity contribution in [3.63, 3.8) is 0 Å². The van der Waals surface area contributed by atoms with Gasteiger partial charge >= 0.3 is 0 Å². The molecular formula is C19H21NO2. The normalized spacial score (nSPS) is 16.7. The van der Waals surface area contributed by atoms with Crippen molar-refractivity contribution >= 4 is 5.91 Å². The van der Waals surface area contributed by atoms with E-state index in [9.17, 15) is 4.79 Å². The molecule has 0 saturated carbocycles. The zero-order valence-corrected chi connectivity index (χ0v) is 12.8. The van der Waals surface area contributed by atoms with E-state index in [1.807, 2.05) is 30.3 Å². The molecule has 0 radical (unpaired) electrons. The Balaban J connectivity index is 1.65. The second-order valence-electron chi connectivity index (χ2n) is 5.71. The largest absolute Gasteiger partial charge is 0.497 e. The van der Waals surface area contributed by atoms with Crippen molar-refractivity contribution in [2.24, 2.45) is 0 Å². The predicted molar refractivity (Wildman–Crippen MR) is 87.0 cm³/mol. The van der Waals surface area contributed by atoms with Crippen LogP contribution in [0.5, 0.6) is 5.75 Å². The lowest BCUT2D eigenvalue weighted by atomic mass is 9.82. The maximum atomic E-state index is 12.5. The summed E-state index contributed by atoms with van der Waals surface area (Å²) in [6.07, 6.45) is 3.10. The molecule has 1 aliphatic carbocycles. The summed E-state index contributed by atoms with van der Waals surface area (Å²) in [5, 5.41) is 3.07. The Morgan fingerprint density at radius 2 is 1.95 bits per heavy atom. The minimum absolute atomic E-state index is 0.0109. The van der Waals surface area contributed by atoms with Crippen molar-refractivity contribution in [2.75, 3.05) is 7.11 Å². The molecule has 3 nitrogen and oxygen atoms in total. The van der Waals surface area contributed by atoms with Gasteiger partial charge < -0.3 is 10.1 Å². The lowest BCUT2D eigenvalue weighted by molar-refractivity contribution is -0.123. The Bertz CT molecular complexity index is 649. The van der Waals surface area contributed by atoms with E-state index in [0.717, 1.165) is 30.6 Å². The highest BCUT2D eigenvalue weighted by molar-refractivity contribution is 5.84. The first kappa shape index (κ1) is 14.6. The highest BCUT2D eigenvalue weighted by Gasteiger charge is 2.25. The number of carbonyl (C=O) groups is 1. The van der Waals surface area contributed by atoms with Crippen molar-refractivity contribution in [1.29, 1.82) is 0 Å². The van der Waals surface area contributed by atoms with Gasteiger partial charge in [-0.1, -0.05) is 36.4 Å². The summed E-state index contributed by atoms with van der Waals surface area (Å²) in [5.41, 5.74) is 3.59. The number of ether oxygens (including phenoxy) is 1. The molecule has 2 aromatic rings. The highest BCUT2D eigenvalue weighted by Crippen LogP contribution is 2.31. The van der Waals surface area contributed by atoms with Crippen molar-refractivity contribution in [3.8, 4) is 5.75 Å². The molecule has 0 heterocycles. The van der Waals surface area contributed by atoms with Crippen LogP contribution >= 0.6 is 0 Å². The van der Waals surface area contributed by atoms with Crippen LogP contribution in [0.3, 0.4) is 0 Å². The maximum Gasteiger partial charge on any atom is 0.227 e. The summed E-state index contributed by atoms with van der Waals surface area (Å²) >= 11 is 0. The molecule has 0 aromatic heterocycles. The first-order valence-electron chi connectivity index (χ1n) is 7.76. The summed E-state index contributed by atoms with van der Waals surface area (Å²) in [6, 6.07) is 16.1. The number of rotatable bonds is 4. The smallest absolute Gasteiger partial charge is 0.227 e. The minimum Gasteiger partial charge on any atom is -0.497 e. The molecule has 1 atom stereocenters. The number of nitrogens with one attached hydrogen (secondary N) is 1. The third-order valence-corrected chi connectivity index (χ3v) is 4.31. The van der Waals surface area contributed by atoms with Crippen LogP contribution in [-0.2, 0) is 17.8 Å². The lowest BCUT2D eigenvalue weighted by Gasteiger charge is -2.24. The quantitative estimate of drug-likeness (QED) is 0.938. The Kier molecular flexibility index (Phi) is 4.42. The van der Waals surface area contributed by atoms with Gasteiger partial charge in [0.25, 0.3) is 0 Å². The molecule has 1 N–H and O–H groups in total. The molecule has 22 heavy (non-hydrogen) atoms. The SMILES string of the molecule is COc1ccc(CNC(=O)C2CCCc3ccccc32)cc1. The zero-order chi connectivity index (χ0) is 15.4. The molecule has 0 spiro atoms. The average Bonchev–Trinajstić information content (AvgIpc) is 2.59. The van der Waals surface area contributed by atoms with Crippen molar-refractivity contribution < 1.29 is 9.53 Å². The third-order valence-electron chi connectivity index (χ3n) is 4.31. The molecule has 0 bridgehead atoms. The van der Waals surface area contributed by atoms with Crippen LogP contribution in [0.4, 0.5) is 0 Å². The Hall–Kier alpha value is -2.29. The van der Waals surface area contributed by atoms with Gasteiger partial charge in [-0.3, -0.25) is 4.79 Å². The standard InChI is InChI=1S/C19H21NO2/c1-22-16-11-9-14(10-12-16)13-20-19(21)18-8-4-6-15-5-2-3-7-17(15)18/h2-3,5,7,9-12,18H,4,6,8,13H2,1H3,(H,20,21). The number of amides is 1. The fourth-order valence-electron chi connectivity index (χ4n) is 3.08. The summed E-state index contributed by atoms with van der Waals surface area (Å²) in [5.74, 6) is 0.947. The molecule has 114 valence electrons. The fraction of sp³-hybridized carbons (Fsp3) is 0.316. The summed E-state index contributed by atoms with van der Waals surface area (Å²) < 4.78 is 5.14. The van der Waals surface area contributed by atoms with Crippen LogP contribution in [0.2, 0.25) is 0 Å². The summed E-state index contributed by atoms with van der Waals surface area (Å²) in [4.78, 5) is 12.5. The number of carbonyl (C=O) groups excluding carboxylic acids is 1. The maximum absolute atomic E-state index is 12.5. The molecule has 3 heteroatoms. The molecular weight excluding hydrogens is 274 g/mol. The highest BCUT2D eigenvalue weighted by atomic mass is 16.5. The second-order valence-corrected chi connectivity index (χ2v) is 5.71. The van der Waals surface area contributed by atoms with Gasteiger partial charge in [-0.25, -0.2) is 0 Å². The first-order valence-corrected chi connectivity index (χ1v) is 7.76. The van der Waals surface area contributed by atoms with E-state index in [2.05, 4.69) is 23.5 Å². The van der Waals surface area contributed by atoms with Gasteiger partial charge in [0.1, 0.15) is 5.75 Å². The molecule has 0 saturated heterocycles. The van der Waals surface area contributed by atoms with Crippen molar-refractivity contribution in [1.82, 2.24) is 5.32 Å². The van der Waals surface area contributed by atoms with Crippen molar-refractivity contribution in [3.05, 3.63) is 65.2 Å². The van der Waals surface area contributed by atoms with Crippen LogP contribution in [-0.4, -0.2) is 13.0 Å². The van der Waals surface area contributed by atoms with Gasteiger partial charge in [0.15, 0.2) is 0 Å². The molecule has 1 aliphatic rings. The van der Waals surface area contributed by atoms with E-state index in [-0.39, 0.29) is 11.8 Å². The molecule has 1 amide bonds. The third kappa shape index (κ3) is 3.14. The van der Waals surface area contributed by atoms with Gasteiger partial charge in [-0.05, 0) is 48.1 Å². The van der Waals surface area contributed by atoms with E-state index < -0.39 is 0 Å². The van der Waals surface area contributed by atoms with Gasteiger partial charge in [0, 0.05) is 6.54 Å². The average molecular weight is 295 g/mol. The fourth-order valence-corrected chi connectivity index (χ4v) is 3.08. The monoisotopic (exact) mass is 295 g/mol. The van der Waals surface area contributed by atoms with Gasteiger partial charge in [0.05, 0.1) is 13.0 Å². The Morgan fingerprint density at radius 1 is 1.18 bits per heavy atom. The molecule has 0 fully saturated rings. The zero-order valence-electron chi connectivity index (χ0n) is 12.8. The van der Waals surface area contributed by atoms with Crippen LogP contribution in [0, 0.1) is 0 Å². The van der Waals surface area contributed by atoms with Gasteiger partial charge in [-0.15, -0.1) is 0 Å². The Labute approximate surface area is 131 Å². The molecule has 0 aliphatic heterocycles. The number of benzene rings is 2. The Morgan fingerprint density at radius 3 is 2.73 bits per heavy atom. The van der Waals surface area contributed by atoms with E-state index in [1.54, 1.807) is 7.11 Å². The summed E-state index contributed by atoms with van der Waals surface area (Å²) in [7, 11) is 1.65. The number of hydrogen-bond donors (Lipinski definition) is 1.